The van der Waals surface area contributed by atoms with Crippen molar-refractivity contribution in [2.45, 2.75) is 31.1 Å². The Bertz CT molecular complexity index is 2350. The molecular weight excluding hydrogens is 581 g/mol. The Labute approximate surface area is 282 Å². The fraction of sp³-hybridized carbons (Fsp3) is 0.159. The second-order valence-corrected chi connectivity index (χ2v) is 14.3. The molecule has 6 aromatic rings. The number of para-hydroxylation sites is 2. The highest BCUT2D eigenvalue weighted by Crippen LogP contribution is 2.68. The van der Waals surface area contributed by atoms with Gasteiger partial charge in [-0.2, -0.15) is 0 Å². The van der Waals surface area contributed by atoms with E-state index in [0.717, 1.165) is 23.2 Å². The number of nitrogens with zero attached hydrogens (tertiary/aromatic N) is 3. The van der Waals surface area contributed by atoms with Crippen molar-refractivity contribution in [2.75, 3.05) is 9.80 Å². The molecule has 0 saturated heterocycles. The van der Waals surface area contributed by atoms with Crippen LogP contribution in [-0.2, 0) is 5.41 Å². The first-order valence-corrected chi connectivity index (χ1v) is 17.4. The molecule has 0 atom stereocenters. The predicted octanol–water partition coefficient (Wildman–Crippen LogP) is 9.41. The number of fused-ring (bicyclic) bond motifs is 7. The van der Waals surface area contributed by atoms with Crippen LogP contribution in [-0.4, -0.2) is 6.71 Å². The summed E-state index contributed by atoms with van der Waals surface area (Å²) >= 11 is 0. The quantitative estimate of drug-likeness (QED) is 0.142. The van der Waals surface area contributed by atoms with E-state index in [4.69, 9.17) is 6.57 Å². The summed E-state index contributed by atoms with van der Waals surface area (Å²) < 4.78 is 0. The monoisotopic (exact) mass is 613 g/mol. The summed E-state index contributed by atoms with van der Waals surface area (Å²) in [4.78, 5) is 8.78. The molecule has 226 valence electrons. The Morgan fingerprint density at radius 3 is 1.98 bits per heavy atom. The third kappa shape index (κ3) is 3.20. The highest BCUT2D eigenvalue weighted by molar-refractivity contribution is 7.00. The summed E-state index contributed by atoms with van der Waals surface area (Å²) in [6.45, 7) is 7.91. The van der Waals surface area contributed by atoms with E-state index >= 15 is 0 Å². The van der Waals surface area contributed by atoms with Crippen molar-refractivity contribution in [2.24, 2.45) is 11.8 Å². The van der Waals surface area contributed by atoms with Gasteiger partial charge in [0.05, 0.1) is 6.57 Å². The lowest BCUT2D eigenvalue weighted by atomic mass is 9.33. The fourth-order valence-electron chi connectivity index (χ4n) is 10.8. The van der Waals surface area contributed by atoms with Crippen LogP contribution in [0.3, 0.4) is 0 Å². The van der Waals surface area contributed by atoms with Gasteiger partial charge in [0.2, 0.25) is 6.71 Å². The number of hydrogen-bond donors (Lipinski definition) is 0. The van der Waals surface area contributed by atoms with E-state index in [9.17, 15) is 0 Å². The van der Waals surface area contributed by atoms with Gasteiger partial charge in [-0.25, -0.2) is 4.85 Å². The van der Waals surface area contributed by atoms with E-state index < -0.39 is 0 Å². The Morgan fingerprint density at radius 2 is 1.19 bits per heavy atom. The molecule has 0 amide bonds. The minimum absolute atomic E-state index is 0.0212. The van der Waals surface area contributed by atoms with Crippen molar-refractivity contribution in [1.82, 2.24) is 0 Å². The van der Waals surface area contributed by atoms with Crippen molar-refractivity contribution in [3.05, 3.63) is 156 Å². The molecule has 0 aromatic heterocycles. The largest absolute Gasteiger partial charge is 0.312 e. The first-order valence-electron chi connectivity index (χ1n) is 17.4. The lowest BCUT2D eigenvalue weighted by Crippen LogP contribution is -2.61. The SMILES string of the molecule is [C-]#[N+]c1ccc2c(c1)B1c3ccccc3N(c3ccc4c(c3)-c3ccccc3C43C4CCC3CC4)c3cccc(c31)N2c1ccccc1. The summed E-state index contributed by atoms with van der Waals surface area (Å²) in [6, 6.07) is 49.3. The van der Waals surface area contributed by atoms with Crippen LogP contribution in [0, 0.1) is 18.4 Å². The molecule has 2 fully saturated rings. The van der Waals surface area contributed by atoms with Gasteiger partial charge >= 0.3 is 0 Å². The van der Waals surface area contributed by atoms with E-state index in [0.29, 0.717) is 5.69 Å². The highest BCUT2D eigenvalue weighted by Gasteiger charge is 2.60. The normalized spacial score (nSPS) is 21.8. The van der Waals surface area contributed by atoms with Gasteiger partial charge < -0.3 is 9.80 Å². The van der Waals surface area contributed by atoms with Gasteiger partial charge in [-0.1, -0.05) is 90.4 Å². The molecule has 3 aliphatic carbocycles. The Morgan fingerprint density at radius 1 is 0.542 bits per heavy atom. The van der Waals surface area contributed by atoms with Crippen LogP contribution in [0.5, 0.6) is 0 Å². The van der Waals surface area contributed by atoms with Gasteiger partial charge in [0, 0.05) is 39.5 Å². The van der Waals surface area contributed by atoms with Crippen LogP contribution in [0.15, 0.2) is 133 Å². The zero-order valence-corrected chi connectivity index (χ0v) is 26.6. The molecule has 0 unspecified atom stereocenters. The number of hydrogen-bond acceptors (Lipinski definition) is 2. The summed E-state index contributed by atoms with van der Waals surface area (Å²) in [5.74, 6) is 1.50. The first-order chi connectivity index (χ1) is 23.8. The third-order valence-electron chi connectivity index (χ3n) is 12.4. The van der Waals surface area contributed by atoms with Crippen molar-refractivity contribution in [1.29, 1.82) is 0 Å². The molecule has 5 aliphatic rings. The van der Waals surface area contributed by atoms with Crippen molar-refractivity contribution in [3.63, 3.8) is 0 Å². The van der Waals surface area contributed by atoms with E-state index in [1.807, 2.05) is 6.07 Å². The predicted molar refractivity (Wildman–Crippen MR) is 198 cm³/mol. The topological polar surface area (TPSA) is 10.8 Å². The van der Waals surface area contributed by atoms with Crippen LogP contribution in [0.2, 0.25) is 0 Å². The Hall–Kier alpha value is -5.53. The molecule has 2 heterocycles. The minimum atomic E-state index is 0.0212. The lowest BCUT2D eigenvalue weighted by Gasteiger charge is -2.44. The molecule has 2 bridgehead atoms. The second-order valence-electron chi connectivity index (χ2n) is 14.3. The van der Waals surface area contributed by atoms with Crippen molar-refractivity contribution >= 4 is 62.9 Å². The molecule has 3 nitrogen and oxygen atoms in total. The zero-order chi connectivity index (χ0) is 31.6. The Kier molecular flexibility index (Phi) is 5.26. The molecule has 2 aliphatic heterocycles. The second kappa shape index (κ2) is 9.52. The molecule has 0 N–H and O–H groups in total. The smallest absolute Gasteiger partial charge is 0.250 e. The summed E-state index contributed by atoms with van der Waals surface area (Å²) in [5.41, 5.74) is 17.7. The molecule has 0 radical (unpaired) electrons. The molecule has 48 heavy (non-hydrogen) atoms. The van der Waals surface area contributed by atoms with Gasteiger partial charge in [-0.05, 0) is 119 Å². The van der Waals surface area contributed by atoms with E-state index in [2.05, 4.69) is 142 Å². The zero-order valence-electron chi connectivity index (χ0n) is 26.6. The molecule has 6 aromatic carbocycles. The average molecular weight is 614 g/mol. The van der Waals surface area contributed by atoms with Crippen molar-refractivity contribution < 1.29 is 0 Å². The van der Waals surface area contributed by atoms with Crippen LogP contribution < -0.4 is 26.2 Å². The van der Waals surface area contributed by atoms with E-state index in [1.165, 1.54) is 75.9 Å². The fourth-order valence-corrected chi connectivity index (χ4v) is 10.8. The minimum Gasteiger partial charge on any atom is -0.312 e. The number of benzene rings is 6. The molecule has 11 rings (SSSR count). The van der Waals surface area contributed by atoms with E-state index in [-0.39, 0.29) is 12.1 Å². The number of rotatable bonds is 2. The lowest BCUT2D eigenvalue weighted by molar-refractivity contribution is 0.400. The van der Waals surface area contributed by atoms with Crippen LogP contribution >= 0.6 is 0 Å². The van der Waals surface area contributed by atoms with Crippen LogP contribution in [0.4, 0.5) is 39.8 Å². The molecular formula is C44H32BN3. The van der Waals surface area contributed by atoms with Crippen LogP contribution in [0.1, 0.15) is 36.8 Å². The number of anilines is 6. The van der Waals surface area contributed by atoms with Crippen molar-refractivity contribution in [3.8, 4) is 11.1 Å². The van der Waals surface area contributed by atoms with Gasteiger partial charge in [-0.15, -0.1) is 0 Å². The van der Waals surface area contributed by atoms with Gasteiger partial charge in [0.1, 0.15) is 0 Å². The van der Waals surface area contributed by atoms with Gasteiger partial charge in [-0.3, -0.25) is 0 Å². The standard InChI is InChI=1S/C44H32BN3/c1-46-30-22-25-40-38(26-30)45-37-14-7-8-15-39(37)48(42-17-9-16-41(43(42)45)47(40)31-10-3-2-4-11-31)32-23-24-36-34(27-32)33-12-5-6-13-35(33)44(36)28-18-19-29(44)21-20-28/h2-17,22-29H,18-21H2. The first kappa shape index (κ1) is 26.5. The van der Waals surface area contributed by atoms with E-state index in [1.54, 1.807) is 11.1 Å². The maximum absolute atomic E-state index is 7.89. The van der Waals surface area contributed by atoms with Gasteiger partial charge in [0.15, 0.2) is 5.69 Å². The Balaban J connectivity index is 1.17. The van der Waals surface area contributed by atoms with Crippen LogP contribution in [0.25, 0.3) is 16.0 Å². The summed E-state index contributed by atoms with van der Waals surface area (Å²) in [7, 11) is 0. The average Bonchev–Trinajstić information content (AvgIpc) is 3.80. The maximum atomic E-state index is 7.89. The summed E-state index contributed by atoms with van der Waals surface area (Å²) in [6.07, 6.45) is 5.41. The summed E-state index contributed by atoms with van der Waals surface area (Å²) in [5, 5.41) is 0. The molecule has 2 saturated carbocycles. The van der Waals surface area contributed by atoms with Gasteiger partial charge in [0.25, 0.3) is 0 Å². The molecule has 4 heteroatoms. The molecule has 1 spiro atoms. The highest BCUT2D eigenvalue weighted by atomic mass is 15.2. The third-order valence-corrected chi connectivity index (χ3v) is 12.4. The maximum Gasteiger partial charge on any atom is 0.250 e.